The molecule has 0 saturated heterocycles. The van der Waals surface area contributed by atoms with Crippen molar-refractivity contribution < 1.29 is 5.11 Å². The van der Waals surface area contributed by atoms with Crippen LogP contribution in [0.25, 0.3) is 0 Å². The third-order valence-corrected chi connectivity index (χ3v) is 3.33. The number of aryl methyl sites for hydroxylation is 2. The lowest BCUT2D eigenvalue weighted by Crippen LogP contribution is -2.14. The Labute approximate surface area is 119 Å². The summed E-state index contributed by atoms with van der Waals surface area (Å²) in [6.07, 6.45) is -0.596. The summed E-state index contributed by atoms with van der Waals surface area (Å²) < 4.78 is 0. The lowest BCUT2D eigenvalue weighted by atomic mass is 10.0. The van der Waals surface area contributed by atoms with Gasteiger partial charge in [-0.1, -0.05) is 35.9 Å². The van der Waals surface area contributed by atoms with Crippen LogP contribution in [0.2, 0.25) is 0 Å². The number of hydrogen-bond donors (Lipinski definition) is 2. The van der Waals surface area contributed by atoms with Gasteiger partial charge in [-0.25, -0.2) is 0 Å². The van der Waals surface area contributed by atoms with E-state index >= 15 is 0 Å². The van der Waals surface area contributed by atoms with E-state index in [0.717, 1.165) is 22.4 Å². The van der Waals surface area contributed by atoms with Gasteiger partial charge in [-0.2, -0.15) is 5.26 Å². The average Bonchev–Trinajstić information content (AvgIpc) is 2.47. The largest absolute Gasteiger partial charge is 0.387 e. The minimum atomic E-state index is -0.596. The molecule has 0 fully saturated rings. The fourth-order valence-electron chi connectivity index (χ4n) is 2.17. The van der Waals surface area contributed by atoms with Crippen molar-refractivity contribution in [3.63, 3.8) is 0 Å². The fraction of sp³-hybridized carbons (Fsp3) is 0.235. The molecule has 2 aromatic carbocycles. The molecule has 1 atom stereocenters. The highest BCUT2D eigenvalue weighted by atomic mass is 16.3. The van der Waals surface area contributed by atoms with Crippen molar-refractivity contribution >= 4 is 5.69 Å². The maximum atomic E-state index is 10.3. The summed E-state index contributed by atoms with van der Waals surface area (Å²) in [6, 6.07) is 15.5. The second kappa shape index (κ2) is 6.23. The third kappa shape index (κ3) is 3.17. The Bertz CT molecular complexity index is 644. The van der Waals surface area contributed by atoms with Crippen LogP contribution in [-0.4, -0.2) is 11.7 Å². The van der Waals surface area contributed by atoms with Gasteiger partial charge >= 0.3 is 0 Å². The van der Waals surface area contributed by atoms with Gasteiger partial charge in [0, 0.05) is 6.54 Å². The fourth-order valence-corrected chi connectivity index (χ4v) is 2.17. The van der Waals surface area contributed by atoms with E-state index in [0.29, 0.717) is 12.1 Å². The molecule has 0 spiro atoms. The smallest absolute Gasteiger partial charge is 0.101 e. The zero-order chi connectivity index (χ0) is 14.5. The first-order valence-corrected chi connectivity index (χ1v) is 6.60. The van der Waals surface area contributed by atoms with E-state index in [4.69, 9.17) is 5.26 Å². The first kappa shape index (κ1) is 14.1. The van der Waals surface area contributed by atoms with Crippen LogP contribution in [0.5, 0.6) is 0 Å². The summed E-state index contributed by atoms with van der Waals surface area (Å²) in [4.78, 5) is 0. The number of aliphatic hydroxyl groups is 1. The molecule has 0 aliphatic heterocycles. The number of rotatable bonds is 4. The number of nitrogens with zero attached hydrogens (tertiary/aromatic N) is 1. The molecule has 0 bridgehead atoms. The monoisotopic (exact) mass is 266 g/mol. The summed E-state index contributed by atoms with van der Waals surface area (Å²) in [6.45, 7) is 4.37. The standard InChI is InChI=1S/C17H18N2O/c1-12-7-8-13(2)15(9-12)17(20)11-19-16-6-4-3-5-14(16)10-18/h3-9,17,19-20H,11H2,1-2H3. The van der Waals surface area contributed by atoms with Crippen molar-refractivity contribution in [3.8, 4) is 6.07 Å². The van der Waals surface area contributed by atoms with Crippen molar-refractivity contribution in [2.75, 3.05) is 11.9 Å². The maximum absolute atomic E-state index is 10.3. The van der Waals surface area contributed by atoms with Gasteiger partial charge in [0.15, 0.2) is 0 Å². The highest BCUT2D eigenvalue weighted by Gasteiger charge is 2.11. The first-order valence-electron chi connectivity index (χ1n) is 6.60. The summed E-state index contributed by atoms with van der Waals surface area (Å²) in [7, 11) is 0. The average molecular weight is 266 g/mol. The van der Waals surface area contributed by atoms with Crippen LogP contribution in [0.4, 0.5) is 5.69 Å². The summed E-state index contributed by atoms with van der Waals surface area (Å²) in [5.74, 6) is 0. The lowest BCUT2D eigenvalue weighted by Gasteiger charge is -2.16. The van der Waals surface area contributed by atoms with Crippen LogP contribution in [-0.2, 0) is 0 Å². The van der Waals surface area contributed by atoms with Gasteiger partial charge in [0.05, 0.1) is 17.4 Å². The minimum absolute atomic E-state index is 0.378. The molecule has 20 heavy (non-hydrogen) atoms. The zero-order valence-electron chi connectivity index (χ0n) is 11.7. The molecule has 2 N–H and O–H groups in total. The predicted molar refractivity (Wildman–Crippen MR) is 80.5 cm³/mol. The quantitative estimate of drug-likeness (QED) is 0.892. The topological polar surface area (TPSA) is 56.0 Å². The van der Waals surface area contributed by atoms with Crippen molar-refractivity contribution in [2.24, 2.45) is 0 Å². The van der Waals surface area contributed by atoms with E-state index < -0.39 is 6.10 Å². The number of hydrogen-bond acceptors (Lipinski definition) is 3. The molecule has 2 rings (SSSR count). The number of nitriles is 1. The summed E-state index contributed by atoms with van der Waals surface area (Å²) >= 11 is 0. The number of anilines is 1. The molecule has 0 aliphatic carbocycles. The van der Waals surface area contributed by atoms with E-state index in [-0.39, 0.29) is 0 Å². The Morgan fingerprint density at radius 1 is 1.20 bits per heavy atom. The Hall–Kier alpha value is -2.31. The van der Waals surface area contributed by atoms with Crippen LogP contribution >= 0.6 is 0 Å². The number of para-hydroxylation sites is 1. The van der Waals surface area contributed by atoms with Crippen LogP contribution in [0, 0.1) is 25.2 Å². The predicted octanol–water partition coefficient (Wildman–Crippen LogP) is 3.32. The molecule has 3 nitrogen and oxygen atoms in total. The van der Waals surface area contributed by atoms with Crippen molar-refractivity contribution in [2.45, 2.75) is 20.0 Å². The second-order valence-corrected chi connectivity index (χ2v) is 4.91. The molecular weight excluding hydrogens is 248 g/mol. The first-order chi connectivity index (χ1) is 9.61. The Morgan fingerprint density at radius 3 is 2.70 bits per heavy atom. The number of aliphatic hydroxyl groups excluding tert-OH is 1. The van der Waals surface area contributed by atoms with Gasteiger partial charge in [0.2, 0.25) is 0 Å². The second-order valence-electron chi connectivity index (χ2n) is 4.91. The van der Waals surface area contributed by atoms with Crippen LogP contribution in [0.15, 0.2) is 42.5 Å². The molecule has 0 amide bonds. The normalized spacial score (nSPS) is 11.7. The molecular formula is C17H18N2O. The molecule has 102 valence electrons. The summed E-state index contributed by atoms with van der Waals surface area (Å²) in [5.41, 5.74) is 4.45. The highest BCUT2D eigenvalue weighted by molar-refractivity contribution is 5.57. The molecule has 0 heterocycles. The molecule has 0 radical (unpaired) electrons. The summed E-state index contributed by atoms with van der Waals surface area (Å²) in [5, 5.41) is 22.5. The van der Waals surface area contributed by atoms with E-state index in [1.807, 2.05) is 50.2 Å². The van der Waals surface area contributed by atoms with Crippen molar-refractivity contribution in [3.05, 3.63) is 64.7 Å². The Kier molecular flexibility index (Phi) is 4.39. The van der Waals surface area contributed by atoms with Gasteiger partial charge in [0.1, 0.15) is 6.07 Å². The van der Waals surface area contributed by atoms with E-state index in [1.54, 1.807) is 6.07 Å². The highest BCUT2D eigenvalue weighted by Crippen LogP contribution is 2.21. The van der Waals surface area contributed by atoms with E-state index in [9.17, 15) is 5.11 Å². The number of benzene rings is 2. The number of nitrogens with one attached hydrogen (secondary N) is 1. The Balaban J connectivity index is 2.11. The van der Waals surface area contributed by atoms with Crippen molar-refractivity contribution in [1.29, 1.82) is 5.26 Å². The molecule has 3 heteroatoms. The zero-order valence-corrected chi connectivity index (χ0v) is 11.7. The van der Waals surface area contributed by atoms with Crippen LogP contribution < -0.4 is 5.32 Å². The van der Waals surface area contributed by atoms with Crippen molar-refractivity contribution in [1.82, 2.24) is 0 Å². The third-order valence-electron chi connectivity index (χ3n) is 3.33. The molecule has 1 unspecified atom stereocenters. The van der Waals surface area contributed by atoms with Gasteiger partial charge < -0.3 is 10.4 Å². The lowest BCUT2D eigenvalue weighted by molar-refractivity contribution is 0.191. The SMILES string of the molecule is Cc1ccc(C)c(C(O)CNc2ccccc2C#N)c1. The van der Waals surface area contributed by atoms with E-state index in [1.165, 1.54) is 0 Å². The van der Waals surface area contributed by atoms with Gasteiger partial charge in [0.25, 0.3) is 0 Å². The maximum Gasteiger partial charge on any atom is 0.101 e. The molecule has 0 saturated carbocycles. The molecule has 0 aliphatic rings. The van der Waals surface area contributed by atoms with Crippen LogP contribution in [0.3, 0.4) is 0 Å². The van der Waals surface area contributed by atoms with E-state index in [2.05, 4.69) is 11.4 Å². The molecule has 0 aromatic heterocycles. The van der Waals surface area contributed by atoms with Gasteiger partial charge in [-0.3, -0.25) is 0 Å². The Morgan fingerprint density at radius 2 is 1.95 bits per heavy atom. The van der Waals surface area contributed by atoms with Gasteiger partial charge in [-0.15, -0.1) is 0 Å². The van der Waals surface area contributed by atoms with Gasteiger partial charge in [-0.05, 0) is 37.1 Å². The minimum Gasteiger partial charge on any atom is -0.387 e. The molecule has 2 aromatic rings. The van der Waals surface area contributed by atoms with Crippen LogP contribution in [0.1, 0.15) is 28.4 Å².